The smallest absolute Gasteiger partial charge is 0.251 e. The number of benzene rings is 1. The van der Waals surface area contributed by atoms with Gasteiger partial charge in [0.15, 0.2) is 0 Å². The minimum Gasteiger partial charge on any atom is -0.489 e. The van der Waals surface area contributed by atoms with E-state index in [4.69, 9.17) is 13.7 Å². The Morgan fingerprint density at radius 1 is 1.15 bits per heavy atom. The molecule has 1 amide bonds. The van der Waals surface area contributed by atoms with Crippen LogP contribution in [0.25, 0.3) is 0 Å². The number of rotatable bonds is 6. The van der Waals surface area contributed by atoms with Crippen molar-refractivity contribution in [2.45, 2.75) is 40.3 Å². The molecule has 0 aliphatic rings. The van der Waals surface area contributed by atoms with E-state index in [1.165, 1.54) is 0 Å². The number of carbonyl (C=O) groups excluding carboxylic acids is 1. The molecule has 0 aliphatic heterocycles. The Labute approximate surface area is 152 Å². The molecule has 0 saturated heterocycles. The monoisotopic (exact) mass is 354 g/mol. The number of carbonyl (C=O) groups is 1. The van der Waals surface area contributed by atoms with Crippen LogP contribution < -0.4 is 10.1 Å². The Kier molecular flexibility index (Phi) is 5.11. The highest BCUT2D eigenvalue weighted by atomic mass is 16.5. The molecular formula is C20H22N2O4. The van der Waals surface area contributed by atoms with E-state index in [0.29, 0.717) is 17.9 Å². The molecule has 2 heterocycles. The van der Waals surface area contributed by atoms with Gasteiger partial charge in [0.05, 0.1) is 17.3 Å². The highest BCUT2D eigenvalue weighted by Crippen LogP contribution is 2.19. The fourth-order valence-electron chi connectivity index (χ4n) is 2.60. The second-order valence-corrected chi connectivity index (χ2v) is 6.26. The molecule has 1 N–H and O–H groups in total. The van der Waals surface area contributed by atoms with Crippen LogP contribution in [0.5, 0.6) is 5.75 Å². The molecule has 136 valence electrons. The Bertz CT molecular complexity index is 873. The topological polar surface area (TPSA) is 77.5 Å². The van der Waals surface area contributed by atoms with Crippen LogP contribution in [0.3, 0.4) is 0 Å². The van der Waals surface area contributed by atoms with E-state index in [9.17, 15) is 4.79 Å². The number of ether oxygens (including phenoxy) is 1. The summed E-state index contributed by atoms with van der Waals surface area (Å²) in [4.78, 5) is 12.4. The molecule has 0 bridgehead atoms. The van der Waals surface area contributed by atoms with E-state index in [0.717, 1.165) is 28.5 Å². The van der Waals surface area contributed by atoms with Crippen LogP contribution in [0.1, 0.15) is 51.9 Å². The molecule has 6 nitrogen and oxygen atoms in total. The summed E-state index contributed by atoms with van der Waals surface area (Å²) in [6.07, 6.45) is 0. The predicted molar refractivity (Wildman–Crippen MR) is 96.1 cm³/mol. The molecule has 3 rings (SSSR count). The van der Waals surface area contributed by atoms with Crippen molar-refractivity contribution < 1.29 is 18.5 Å². The molecule has 0 spiro atoms. The average molecular weight is 354 g/mol. The van der Waals surface area contributed by atoms with Crippen LogP contribution in [0.4, 0.5) is 0 Å². The summed E-state index contributed by atoms with van der Waals surface area (Å²) in [5, 5.41) is 6.82. The third-order valence-electron chi connectivity index (χ3n) is 4.22. The van der Waals surface area contributed by atoms with E-state index in [1.54, 1.807) is 24.3 Å². The van der Waals surface area contributed by atoms with Gasteiger partial charge in [-0.05, 0) is 64.1 Å². The summed E-state index contributed by atoms with van der Waals surface area (Å²) in [5.41, 5.74) is 2.32. The molecule has 0 aliphatic carbocycles. The number of furan rings is 1. The van der Waals surface area contributed by atoms with Crippen molar-refractivity contribution in [1.82, 2.24) is 10.5 Å². The first-order chi connectivity index (χ1) is 12.4. The maximum absolute atomic E-state index is 12.4. The van der Waals surface area contributed by atoms with Crippen molar-refractivity contribution in [3.8, 4) is 5.75 Å². The van der Waals surface area contributed by atoms with Gasteiger partial charge in [0.1, 0.15) is 29.6 Å². The normalized spacial score (nSPS) is 12.0. The Balaban J connectivity index is 1.59. The van der Waals surface area contributed by atoms with Crippen LogP contribution in [0, 0.1) is 20.8 Å². The van der Waals surface area contributed by atoms with E-state index in [-0.39, 0.29) is 11.9 Å². The number of amides is 1. The molecule has 6 heteroatoms. The van der Waals surface area contributed by atoms with Gasteiger partial charge in [-0.1, -0.05) is 5.16 Å². The van der Waals surface area contributed by atoms with Crippen LogP contribution in [-0.2, 0) is 6.61 Å². The first-order valence-electron chi connectivity index (χ1n) is 8.46. The Morgan fingerprint density at radius 3 is 2.46 bits per heavy atom. The lowest BCUT2D eigenvalue weighted by atomic mass is 10.1. The third-order valence-corrected chi connectivity index (χ3v) is 4.22. The summed E-state index contributed by atoms with van der Waals surface area (Å²) in [6.45, 7) is 7.87. The third kappa shape index (κ3) is 3.96. The summed E-state index contributed by atoms with van der Waals surface area (Å²) in [7, 11) is 0. The lowest BCUT2D eigenvalue weighted by molar-refractivity contribution is 0.0935. The lowest BCUT2D eigenvalue weighted by Gasteiger charge is -2.12. The van der Waals surface area contributed by atoms with Crippen molar-refractivity contribution in [2.24, 2.45) is 0 Å². The maximum Gasteiger partial charge on any atom is 0.251 e. The van der Waals surface area contributed by atoms with Crippen molar-refractivity contribution in [3.63, 3.8) is 0 Å². The van der Waals surface area contributed by atoms with Crippen LogP contribution in [0.2, 0.25) is 0 Å². The van der Waals surface area contributed by atoms with Gasteiger partial charge >= 0.3 is 0 Å². The molecule has 1 unspecified atom stereocenters. The Morgan fingerprint density at radius 2 is 1.88 bits per heavy atom. The van der Waals surface area contributed by atoms with Gasteiger partial charge in [0.2, 0.25) is 0 Å². The number of nitrogens with one attached hydrogen (secondary N) is 1. The SMILES string of the molecule is Cc1ccc(C(C)NC(=O)c2ccc(OCc3c(C)noc3C)cc2)o1. The second kappa shape index (κ2) is 7.47. The summed E-state index contributed by atoms with van der Waals surface area (Å²) in [5.74, 6) is 2.82. The van der Waals surface area contributed by atoms with Crippen molar-refractivity contribution >= 4 is 5.91 Å². The predicted octanol–water partition coefficient (Wildman–Crippen LogP) is 4.26. The largest absolute Gasteiger partial charge is 0.489 e. The van der Waals surface area contributed by atoms with E-state index >= 15 is 0 Å². The summed E-state index contributed by atoms with van der Waals surface area (Å²) < 4.78 is 16.4. The molecule has 1 aromatic carbocycles. The van der Waals surface area contributed by atoms with Gasteiger partial charge in [-0.25, -0.2) is 0 Å². The first kappa shape index (κ1) is 17.8. The number of hydrogen-bond donors (Lipinski definition) is 1. The van der Waals surface area contributed by atoms with E-state index in [2.05, 4.69) is 10.5 Å². The minimum absolute atomic E-state index is 0.163. The molecule has 2 aromatic heterocycles. The van der Waals surface area contributed by atoms with Gasteiger partial charge in [0.25, 0.3) is 5.91 Å². The molecule has 0 fully saturated rings. The van der Waals surface area contributed by atoms with E-state index < -0.39 is 0 Å². The highest BCUT2D eigenvalue weighted by molar-refractivity contribution is 5.94. The van der Waals surface area contributed by atoms with E-state index in [1.807, 2.05) is 39.8 Å². The number of aryl methyl sites for hydroxylation is 3. The van der Waals surface area contributed by atoms with Gasteiger partial charge in [0, 0.05) is 5.56 Å². The zero-order valence-electron chi connectivity index (χ0n) is 15.3. The summed E-state index contributed by atoms with van der Waals surface area (Å²) in [6, 6.07) is 10.6. The molecule has 0 radical (unpaired) electrons. The average Bonchev–Trinajstić information content (AvgIpc) is 3.19. The molecular weight excluding hydrogens is 332 g/mol. The maximum atomic E-state index is 12.4. The number of hydrogen-bond acceptors (Lipinski definition) is 5. The lowest BCUT2D eigenvalue weighted by Crippen LogP contribution is -2.26. The van der Waals surface area contributed by atoms with Crippen molar-refractivity contribution in [3.05, 3.63) is 70.5 Å². The first-order valence-corrected chi connectivity index (χ1v) is 8.46. The second-order valence-electron chi connectivity index (χ2n) is 6.26. The van der Waals surface area contributed by atoms with Crippen LogP contribution in [0.15, 0.2) is 45.3 Å². The minimum atomic E-state index is -0.202. The van der Waals surface area contributed by atoms with Crippen molar-refractivity contribution in [2.75, 3.05) is 0 Å². The van der Waals surface area contributed by atoms with Gasteiger partial charge in [-0.2, -0.15) is 0 Å². The van der Waals surface area contributed by atoms with Crippen molar-refractivity contribution in [1.29, 1.82) is 0 Å². The fourth-order valence-corrected chi connectivity index (χ4v) is 2.60. The van der Waals surface area contributed by atoms with Gasteiger partial charge in [-0.15, -0.1) is 0 Å². The molecule has 1 atom stereocenters. The zero-order valence-corrected chi connectivity index (χ0v) is 15.3. The quantitative estimate of drug-likeness (QED) is 0.715. The molecule has 0 saturated carbocycles. The zero-order chi connectivity index (χ0) is 18.7. The van der Waals surface area contributed by atoms with Crippen LogP contribution in [-0.4, -0.2) is 11.1 Å². The van der Waals surface area contributed by atoms with Gasteiger partial charge in [-0.3, -0.25) is 4.79 Å². The Hall–Kier alpha value is -3.02. The standard InChI is InChI=1S/C20H22N2O4/c1-12-5-10-19(25-12)14(3)21-20(23)16-6-8-17(9-7-16)24-11-18-13(2)22-26-15(18)4/h5-10,14H,11H2,1-4H3,(H,21,23). The highest BCUT2D eigenvalue weighted by Gasteiger charge is 2.14. The van der Waals surface area contributed by atoms with Crippen LogP contribution >= 0.6 is 0 Å². The summed E-state index contributed by atoms with van der Waals surface area (Å²) >= 11 is 0. The molecule has 26 heavy (non-hydrogen) atoms. The number of aromatic nitrogens is 1. The molecule has 3 aromatic rings. The fraction of sp³-hybridized carbons (Fsp3) is 0.300. The number of nitrogens with zero attached hydrogens (tertiary/aromatic N) is 1. The van der Waals surface area contributed by atoms with Gasteiger partial charge < -0.3 is 19.0 Å².